The molecule has 4 fully saturated rings. The number of ether oxygens (including phenoxy) is 2. The van der Waals surface area contributed by atoms with Crippen LogP contribution in [0.2, 0.25) is 0 Å². The molecule has 1 unspecified atom stereocenters. The molecule has 2 aromatic rings. The lowest BCUT2D eigenvalue weighted by molar-refractivity contribution is -0.143. The maximum atomic E-state index is 14.3. The van der Waals surface area contributed by atoms with Crippen molar-refractivity contribution in [2.75, 3.05) is 46.4 Å². The number of halogens is 3. The van der Waals surface area contributed by atoms with Crippen molar-refractivity contribution in [2.45, 2.75) is 102 Å². The Kier molecular flexibility index (Phi) is 10.6. The molecule has 1 aromatic heterocycles. The number of piperidine rings is 2. The normalized spacial score (nSPS) is 23.0. The minimum absolute atomic E-state index is 0.151. The smallest absolute Gasteiger partial charge is 0.434 e. The molecule has 264 valence electrons. The predicted octanol–water partition coefficient (Wildman–Crippen LogP) is 7.18. The Morgan fingerprint density at radius 3 is 2.33 bits per heavy atom. The summed E-state index contributed by atoms with van der Waals surface area (Å²) in [6.45, 7) is 6.17. The molecule has 0 bridgehead atoms. The van der Waals surface area contributed by atoms with Crippen LogP contribution in [0.25, 0.3) is 5.69 Å². The fourth-order valence-electron chi connectivity index (χ4n) is 8.54. The number of carbonyl (C=O) groups excluding carboxylic acids is 2. The Labute approximate surface area is 281 Å². The number of hydrogen-bond donors (Lipinski definition) is 0. The van der Waals surface area contributed by atoms with Crippen LogP contribution in [-0.2, 0) is 10.9 Å². The number of rotatable bonds is 9. The van der Waals surface area contributed by atoms with Gasteiger partial charge in [-0.1, -0.05) is 39.0 Å². The third kappa shape index (κ3) is 7.33. The summed E-state index contributed by atoms with van der Waals surface area (Å²) in [7, 11) is 1.48. The quantitative estimate of drug-likeness (QED) is 0.281. The number of methoxy groups -OCH3 is 1. The molecule has 1 saturated carbocycles. The number of alkyl halides is 3. The second-order valence-corrected chi connectivity index (χ2v) is 14.3. The van der Waals surface area contributed by atoms with Crippen molar-refractivity contribution < 1.29 is 32.2 Å². The topological polar surface area (TPSA) is 80.1 Å². The highest BCUT2D eigenvalue weighted by Gasteiger charge is 2.50. The number of nitrogens with zero attached hydrogens (tertiary/aromatic N) is 5. The molecule has 6 rings (SSSR count). The van der Waals surface area contributed by atoms with Gasteiger partial charge in [0.2, 0.25) is 0 Å². The summed E-state index contributed by atoms with van der Waals surface area (Å²) in [4.78, 5) is 32.8. The van der Waals surface area contributed by atoms with Gasteiger partial charge in [0.25, 0.3) is 5.91 Å². The van der Waals surface area contributed by atoms with E-state index in [0.29, 0.717) is 43.5 Å². The van der Waals surface area contributed by atoms with E-state index < -0.39 is 28.9 Å². The highest BCUT2D eigenvalue weighted by Crippen LogP contribution is 2.42. The van der Waals surface area contributed by atoms with E-state index in [0.717, 1.165) is 69.2 Å². The van der Waals surface area contributed by atoms with E-state index in [9.17, 15) is 22.8 Å². The van der Waals surface area contributed by atoms with Crippen LogP contribution < -0.4 is 4.74 Å². The summed E-state index contributed by atoms with van der Waals surface area (Å²) in [5.41, 5.74) is -1.74. The first-order valence-electron chi connectivity index (χ1n) is 17.9. The fraction of sp³-hybridized carbons (Fsp3) is 0.694. The van der Waals surface area contributed by atoms with Crippen LogP contribution >= 0.6 is 0 Å². The van der Waals surface area contributed by atoms with Crippen molar-refractivity contribution in [2.24, 2.45) is 11.8 Å². The molecule has 3 saturated heterocycles. The van der Waals surface area contributed by atoms with Crippen molar-refractivity contribution in [3.63, 3.8) is 0 Å². The average molecular weight is 674 g/mol. The number of unbranched alkanes of at least 4 members (excludes halogenated alkanes) is 1. The van der Waals surface area contributed by atoms with Crippen molar-refractivity contribution >= 4 is 12.0 Å². The molecule has 48 heavy (non-hydrogen) atoms. The van der Waals surface area contributed by atoms with E-state index >= 15 is 0 Å². The lowest BCUT2D eigenvalue weighted by atomic mass is 9.75. The standard InChI is InChI=1S/C36H50F3N5O4/c1-3-4-10-27-25-43(24-26-8-6-5-7-9-26)34(46)48-35(27)17-21-41(22-18-35)28-15-19-42(20-16-28)33(45)31-23-40-44(32(31)36(37,38)39)29-11-13-30(47-2)14-12-29/h11-14,23,26-28H,3-10,15-22,24-25H2,1-2H3. The number of carbonyl (C=O) groups is 2. The lowest BCUT2D eigenvalue weighted by Crippen LogP contribution is -2.61. The van der Waals surface area contributed by atoms with E-state index in [1.807, 2.05) is 4.90 Å². The molecular formula is C36H50F3N5O4. The van der Waals surface area contributed by atoms with Crippen LogP contribution in [0.1, 0.15) is 100 Å². The van der Waals surface area contributed by atoms with E-state index in [-0.39, 0.29) is 17.8 Å². The molecule has 4 heterocycles. The van der Waals surface area contributed by atoms with Crippen LogP contribution in [-0.4, -0.2) is 94.5 Å². The Morgan fingerprint density at radius 2 is 1.71 bits per heavy atom. The molecule has 4 aliphatic rings. The molecule has 0 radical (unpaired) electrons. The summed E-state index contributed by atoms with van der Waals surface area (Å²) in [6, 6.07) is 6.31. The van der Waals surface area contributed by atoms with Crippen molar-refractivity contribution in [1.29, 1.82) is 0 Å². The van der Waals surface area contributed by atoms with E-state index in [2.05, 4.69) is 16.9 Å². The molecule has 3 aliphatic heterocycles. The average Bonchev–Trinajstić information content (AvgIpc) is 3.56. The predicted molar refractivity (Wildman–Crippen MR) is 175 cm³/mol. The molecule has 1 aromatic carbocycles. The van der Waals surface area contributed by atoms with Crippen molar-refractivity contribution in [3.05, 3.63) is 41.7 Å². The van der Waals surface area contributed by atoms with Crippen molar-refractivity contribution in [3.8, 4) is 11.4 Å². The first-order chi connectivity index (χ1) is 23.1. The van der Waals surface area contributed by atoms with Crippen LogP contribution in [0.15, 0.2) is 30.5 Å². The Balaban J connectivity index is 1.06. The fourth-order valence-corrected chi connectivity index (χ4v) is 8.54. The highest BCUT2D eigenvalue weighted by molar-refractivity contribution is 5.95. The molecule has 2 amide bonds. The molecular weight excluding hydrogens is 623 g/mol. The molecule has 12 heteroatoms. The zero-order valence-electron chi connectivity index (χ0n) is 28.3. The number of amides is 2. The second kappa shape index (κ2) is 14.7. The Bertz CT molecular complexity index is 1390. The molecule has 1 atom stereocenters. The summed E-state index contributed by atoms with van der Waals surface area (Å²) >= 11 is 0. The van der Waals surface area contributed by atoms with Crippen LogP contribution in [0, 0.1) is 11.8 Å². The highest BCUT2D eigenvalue weighted by atomic mass is 19.4. The van der Waals surface area contributed by atoms with Gasteiger partial charge in [0.1, 0.15) is 11.4 Å². The number of benzene rings is 1. The van der Waals surface area contributed by atoms with Crippen LogP contribution in [0.4, 0.5) is 18.0 Å². The minimum atomic E-state index is -4.77. The second-order valence-electron chi connectivity index (χ2n) is 14.3. The van der Waals surface area contributed by atoms with Gasteiger partial charge >= 0.3 is 12.3 Å². The largest absolute Gasteiger partial charge is 0.497 e. The lowest BCUT2D eigenvalue weighted by Gasteiger charge is -2.52. The van der Waals surface area contributed by atoms with E-state index in [4.69, 9.17) is 9.47 Å². The summed E-state index contributed by atoms with van der Waals surface area (Å²) in [6.07, 6.45) is 8.55. The maximum Gasteiger partial charge on any atom is 0.434 e. The minimum Gasteiger partial charge on any atom is -0.497 e. The van der Waals surface area contributed by atoms with Gasteiger partial charge < -0.3 is 19.3 Å². The first-order valence-corrected chi connectivity index (χ1v) is 17.9. The molecule has 1 spiro atoms. The first kappa shape index (κ1) is 34.6. The van der Waals surface area contributed by atoms with Gasteiger partial charge in [0.05, 0.1) is 24.6 Å². The third-order valence-corrected chi connectivity index (χ3v) is 11.3. The third-order valence-electron chi connectivity index (χ3n) is 11.3. The monoisotopic (exact) mass is 673 g/mol. The Hall–Kier alpha value is -3.28. The van der Waals surface area contributed by atoms with Gasteiger partial charge in [0.15, 0.2) is 5.69 Å². The SMILES string of the molecule is CCCCC1CN(CC2CCCCC2)C(=O)OC12CCN(C1CCN(C(=O)c3cnn(-c4ccc(OC)cc4)c3C(F)(F)F)CC1)CC2. The van der Waals surface area contributed by atoms with Crippen LogP contribution in [0.5, 0.6) is 5.75 Å². The van der Waals surface area contributed by atoms with Gasteiger partial charge in [-0.05, 0) is 62.3 Å². The number of likely N-dealkylation sites (tertiary alicyclic amines) is 2. The van der Waals surface area contributed by atoms with Gasteiger partial charge in [-0.15, -0.1) is 0 Å². The number of hydrogen-bond acceptors (Lipinski definition) is 6. The maximum absolute atomic E-state index is 14.3. The summed E-state index contributed by atoms with van der Waals surface area (Å²) in [5, 5.41) is 3.98. The van der Waals surface area contributed by atoms with Gasteiger partial charge in [0, 0.05) is 64.1 Å². The zero-order valence-corrected chi connectivity index (χ0v) is 28.3. The van der Waals surface area contributed by atoms with Gasteiger partial charge in [-0.25, -0.2) is 9.48 Å². The zero-order chi connectivity index (χ0) is 33.9. The van der Waals surface area contributed by atoms with Crippen molar-refractivity contribution in [1.82, 2.24) is 24.5 Å². The van der Waals surface area contributed by atoms with E-state index in [1.165, 1.54) is 56.2 Å². The van der Waals surface area contributed by atoms with Gasteiger partial charge in [-0.2, -0.15) is 18.3 Å². The molecule has 9 nitrogen and oxygen atoms in total. The van der Waals surface area contributed by atoms with Gasteiger partial charge in [-0.3, -0.25) is 9.69 Å². The van der Waals surface area contributed by atoms with Crippen LogP contribution in [0.3, 0.4) is 0 Å². The summed E-state index contributed by atoms with van der Waals surface area (Å²) in [5.74, 6) is 0.761. The molecule has 0 N–H and O–H groups in total. The van der Waals surface area contributed by atoms with E-state index in [1.54, 1.807) is 12.1 Å². The Morgan fingerprint density at radius 1 is 1.02 bits per heavy atom. The summed E-state index contributed by atoms with van der Waals surface area (Å²) < 4.78 is 55.2. The molecule has 1 aliphatic carbocycles. The number of aromatic nitrogens is 2.